The van der Waals surface area contributed by atoms with Gasteiger partial charge in [-0.05, 0) is 101 Å². The van der Waals surface area contributed by atoms with Crippen LogP contribution in [0.5, 0.6) is 0 Å². The van der Waals surface area contributed by atoms with Crippen LogP contribution in [0.15, 0.2) is 82.8 Å². The molecule has 0 spiro atoms. The largest absolute Gasteiger partial charge is 0.383 e. The van der Waals surface area contributed by atoms with Gasteiger partial charge in [-0.3, -0.25) is 14.6 Å². The maximum atomic E-state index is 14.4. The standard InChI is InChI=1S/C38H42N8O4S/c1-24-6-10-30(11-7-24)51(49,50)46-34-13-8-26(38(48)44-18-14-28(15-19-44)43-16-4-3-5-17-43)20-27(34)21-35(46)36(47)31-23-40-45(37(31)39)29-9-12-32-33(22-29)42-25(2)41-32/h6-13,20-23,28,32-33H,3-5,14-19,39H2,1-2H3,(H,41,42). The quantitative estimate of drug-likeness (QED) is 0.268. The number of amides is 1. The minimum atomic E-state index is -4.25. The van der Waals surface area contributed by atoms with Crippen molar-refractivity contribution in [2.45, 2.75) is 69.0 Å². The van der Waals surface area contributed by atoms with Crippen LogP contribution in [0.2, 0.25) is 0 Å². The van der Waals surface area contributed by atoms with Crippen molar-refractivity contribution in [1.29, 1.82) is 0 Å². The molecule has 2 atom stereocenters. The number of aromatic nitrogens is 3. The number of likely N-dealkylation sites (tertiary alicyclic amines) is 2. The van der Waals surface area contributed by atoms with Crippen LogP contribution >= 0.6 is 0 Å². The summed E-state index contributed by atoms with van der Waals surface area (Å²) in [4.78, 5) is 37.2. The molecule has 0 saturated carbocycles. The predicted molar refractivity (Wildman–Crippen MR) is 197 cm³/mol. The molecular weight excluding hydrogens is 665 g/mol. The predicted octanol–water partition coefficient (Wildman–Crippen LogP) is 4.46. The second-order valence-electron chi connectivity index (χ2n) is 14.0. The van der Waals surface area contributed by atoms with Crippen LogP contribution in [0.1, 0.15) is 71.0 Å². The number of rotatable bonds is 7. The van der Waals surface area contributed by atoms with Crippen LogP contribution in [0, 0.1) is 6.92 Å². The van der Waals surface area contributed by atoms with Crippen molar-refractivity contribution in [2.75, 3.05) is 31.9 Å². The van der Waals surface area contributed by atoms with Crippen molar-refractivity contribution in [3.8, 4) is 0 Å². The van der Waals surface area contributed by atoms with E-state index in [0.29, 0.717) is 35.8 Å². The van der Waals surface area contributed by atoms with E-state index >= 15 is 0 Å². The monoisotopic (exact) mass is 706 g/mol. The third-order valence-corrected chi connectivity index (χ3v) is 12.4. The number of aryl methyl sites for hydroxylation is 1. The maximum Gasteiger partial charge on any atom is 0.268 e. The average Bonchev–Trinajstić information content (AvgIpc) is 3.85. The van der Waals surface area contributed by atoms with Crippen LogP contribution in [-0.4, -0.2) is 93.8 Å². The van der Waals surface area contributed by atoms with Crippen molar-refractivity contribution >= 4 is 50.0 Å². The highest BCUT2D eigenvalue weighted by atomic mass is 32.2. The topological polar surface area (TPSA) is 148 Å². The van der Waals surface area contributed by atoms with E-state index in [4.69, 9.17) is 5.73 Å². The van der Waals surface area contributed by atoms with Gasteiger partial charge in [-0.2, -0.15) is 5.10 Å². The Balaban J connectivity index is 1.14. The number of allylic oxidation sites excluding steroid dienone is 2. The smallest absolute Gasteiger partial charge is 0.268 e. The number of carbonyl (C=O) groups is 2. The molecule has 1 amide bonds. The lowest BCUT2D eigenvalue weighted by molar-refractivity contribution is 0.0590. The number of hydrogen-bond donors (Lipinski definition) is 2. The zero-order chi connectivity index (χ0) is 35.4. The van der Waals surface area contributed by atoms with Crippen molar-refractivity contribution in [3.05, 3.63) is 95.3 Å². The third-order valence-electron chi connectivity index (χ3n) is 10.7. The first-order valence-corrected chi connectivity index (χ1v) is 19.1. The molecule has 3 N–H and O–H groups in total. The van der Waals surface area contributed by atoms with Gasteiger partial charge in [0.1, 0.15) is 11.5 Å². The number of nitrogen functional groups attached to an aromatic ring is 1. The molecule has 2 aromatic carbocycles. The summed E-state index contributed by atoms with van der Waals surface area (Å²) in [6, 6.07) is 13.4. The molecule has 3 aliphatic heterocycles. The Morgan fingerprint density at radius 1 is 0.941 bits per heavy atom. The Morgan fingerprint density at radius 2 is 1.69 bits per heavy atom. The van der Waals surface area contributed by atoms with E-state index in [2.05, 4.69) is 20.3 Å². The number of fused-ring (bicyclic) bond motifs is 2. The van der Waals surface area contributed by atoms with Gasteiger partial charge in [-0.25, -0.2) is 17.1 Å². The van der Waals surface area contributed by atoms with Crippen molar-refractivity contribution in [3.63, 3.8) is 0 Å². The highest BCUT2D eigenvalue weighted by Gasteiger charge is 2.32. The van der Waals surface area contributed by atoms with Crippen molar-refractivity contribution in [2.24, 2.45) is 4.99 Å². The summed E-state index contributed by atoms with van der Waals surface area (Å²) in [5, 5.41) is 8.18. The normalized spacial score (nSPS) is 21.3. The Morgan fingerprint density at radius 3 is 2.43 bits per heavy atom. The lowest BCUT2D eigenvalue weighted by atomic mass is 9.99. The summed E-state index contributed by atoms with van der Waals surface area (Å²) in [7, 11) is -4.25. The number of amidine groups is 1. The van der Waals surface area contributed by atoms with Crippen LogP contribution in [0.3, 0.4) is 0 Å². The fourth-order valence-corrected chi connectivity index (χ4v) is 9.39. The van der Waals surface area contributed by atoms with Gasteiger partial charge in [0.2, 0.25) is 5.78 Å². The molecule has 2 unspecified atom stereocenters. The zero-order valence-electron chi connectivity index (χ0n) is 28.8. The number of hydrogen-bond acceptors (Lipinski definition) is 9. The first-order valence-electron chi connectivity index (χ1n) is 17.7. The lowest BCUT2D eigenvalue weighted by Crippen LogP contribution is -2.48. The lowest BCUT2D eigenvalue weighted by Gasteiger charge is -2.40. The van der Waals surface area contributed by atoms with Gasteiger partial charge in [-0.15, -0.1) is 0 Å². The minimum absolute atomic E-state index is 0.0353. The van der Waals surface area contributed by atoms with Gasteiger partial charge in [-0.1, -0.05) is 30.2 Å². The van der Waals surface area contributed by atoms with Crippen LogP contribution in [-0.2, 0) is 10.0 Å². The number of nitrogens with one attached hydrogen (secondary N) is 1. The molecule has 4 aromatic rings. The number of carbonyl (C=O) groups excluding carboxylic acids is 2. The first kappa shape index (κ1) is 33.2. The summed E-state index contributed by atoms with van der Waals surface area (Å²) in [5.41, 5.74) is 8.82. The van der Waals surface area contributed by atoms with Crippen molar-refractivity contribution in [1.82, 2.24) is 28.9 Å². The second-order valence-corrected chi connectivity index (χ2v) is 15.8. The van der Waals surface area contributed by atoms with E-state index < -0.39 is 15.8 Å². The summed E-state index contributed by atoms with van der Waals surface area (Å²) in [5.74, 6) is 0.207. The van der Waals surface area contributed by atoms with E-state index in [0.717, 1.165) is 41.3 Å². The zero-order valence-corrected chi connectivity index (χ0v) is 29.6. The maximum absolute atomic E-state index is 14.4. The van der Waals surface area contributed by atoms with E-state index in [1.165, 1.54) is 48.3 Å². The molecule has 51 heavy (non-hydrogen) atoms. The number of anilines is 1. The van der Waals surface area contributed by atoms with Crippen molar-refractivity contribution < 1.29 is 18.0 Å². The highest BCUT2D eigenvalue weighted by Crippen LogP contribution is 2.32. The average molecular weight is 707 g/mol. The van der Waals surface area contributed by atoms with E-state index in [-0.39, 0.29) is 45.5 Å². The Hall–Kier alpha value is -5.01. The summed E-state index contributed by atoms with van der Waals surface area (Å²) in [6.07, 6.45) is 12.8. The number of benzene rings is 2. The van der Waals surface area contributed by atoms with Gasteiger partial charge >= 0.3 is 0 Å². The molecule has 13 heteroatoms. The number of aliphatic imine (C=N–C) groups is 1. The van der Waals surface area contributed by atoms with Gasteiger partial charge in [0.05, 0.1) is 45.8 Å². The fourth-order valence-electron chi connectivity index (χ4n) is 7.88. The van der Waals surface area contributed by atoms with Gasteiger partial charge in [0, 0.05) is 30.1 Å². The molecule has 8 rings (SSSR count). The van der Waals surface area contributed by atoms with E-state index in [1.807, 2.05) is 37.0 Å². The fraction of sp³-hybridized carbons (Fsp3) is 0.368. The molecule has 0 bridgehead atoms. The molecule has 0 radical (unpaired) electrons. The number of nitrogens with two attached hydrogens (primary N) is 1. The van der Waals surface area contributed by atoms with Crippen LogP contribution in [0.4, 0.5) is 5.82 Å². The van der Waals surface area contributed by atoms with Gasteiger partial charge in [0.25, 0.3) is 15.9 Å². The van der Waals surface area contributed by atoms with Crippen LogP contribution in [0.25, 0.3) is 16.6 Å². The third kappa shape index (κ3) is 5.97. The van der Waals surface area contributed by atoms with Crippen LogP contribution < -0.4 is 11.1 Å². The molecule has 4 aliphatic rings. The van der Waals surface area contributed by atoms with Gasteiger partial charge in [0.15, 0.2) is 0 Å². The Labute approximate surface area is 297 Å². The number of ketones is 1. The number of nitrogens with zero attached hydrogens (tertiary/aromatic N) is 6. The van der Waals surface area contributed by atoms with E-state index in [1.54, 1.807) is 30.3 Å². The molecular formula is C38H42N8O4S. The van der Waals surface area contributed by atoms with Gasteiger partial charge < -0.3 is 20.9 Å². The molecule has 5 heterocycles. The Bertz CT molecular complexity index is 2230. The summed E-state index contributed by atoms with van der Waals surface area (Å²) < 4.78 is 31.2. The minimum Gasteiger partial charge on any atom is -0.383 e. The highest BCUT2D eigenvalue weighted by molar-refractivity contribution is 7.90. The second kappa shape index (κ2) is 13.0. The molecule has 2 aromatic heterocycles. The summed E-state index contributed by atoms with van der Waals surface area (Å²) >= 11 is 0. The molecule has 1 aliphatic carbocycles. The molecule has 2 saturated heterocycles. The Kier molecular flexibility index (Phi) is 8.42. The van der Waals surface area contributed by atoms with E-state index in [9.17, 15) is 18.0 Å². The molecule has 264 valence electrons. The molecule has 2 fully saturated rings. The summed E-state index contributed by atoms with van der Waals surface area (Å²) in [6.45, 7) is 7.38. The SMILES string of the molecule is CC1=NC2C=C(n3ncc(C(=O)c4cc5cc(C(=O)N6CCC(N7CCCCC7)CC6)ccc5n4S(=O)(=O)c4ccc(C)cc4)c3N)C=CC2N1. The number of piperidine rings is 2. The molecule has 12 nitrogen and oxygen atoms in total. The first-order chi connectivity index (χ1) is 24.6.